The molecule has 0 radical (unpaired) electrons. The second kappa shape index (κ2) is 6.72. The summed E-state index contributed by atoms with van der Waals surface area (Å²) in [5.41, 5.74) is 3.77. The van der Waals surface area contributed by atoms with E-state index >= 15 is 0 Å². The van der Waals surface area contributed by atoms with Gasteiger partial charge in [-0.25, -0.2) is 4.68 Å². The molecular formula is C20H20N4O2. The summed E-state index contributed by atoms with van der Waals surface area (Å²) in [5.74, 6) is 0.123. The summed E-state index contributed by atoms with van der Waals surface area (Å²) in [7, 11) is 0. The Morgan fingerprint density at radius 1 is 1.19 bits per heavy atom. The Morgan fingerprint density at radius 2 is 1.92 bits per heavy atom. The Kier molecular flexibility index (Phi) is 4.26. The topological polar surface area (TPSA) is 71.2 Å². The first-order chi connectivity index (χ1) is 12.6. The number of aromatic nitrogens is 3. The predicted octanol–water partition coefficient (Wildman–Crippen LogP) is 2.51. The molecule has 6 nitrogen and oxygen atoms in total. The molecule has 2 heterocycles. The van der Waals surface area contributed by atoms with Crippen molar-refractivity contribution >= 4 is 11.6 Å². The number of rotatable bonds is 4. The maximum absolute atomic E-state index is 12.9. The largest absolute Gasteiger partial charge is 0.387 e. The van der Waals surface area contributed by atoms with E-state index in [1.165, 1.54) is 10.2 Å². The van der Waals surface area contributed by atoms with Gasteiger partial charge in [-0.2, -0.15) is 0 Å². The van der Waals surface area contributed by atoms with Crippen LogP contribution >= 0.6 is 0 Å². The van der Waals surface area contributed by atoms with Crippen LogP contribution in [0.5, 0.6) is 0 Å². The van der Waals surface area contributed by atoms with Crippen LogP contribution in [0, 0.1) is 0 Å². The van der Waals surface area contributed by atoms with Crippen molar-refractivity contribution in [2.24, 2.45) is 0 Å². The van der Waals surface area contributed by atoms with Gasteiger partial charge in [0.1, 0.15) is 12.2 Å². The van der Waals surface area contributed by atoms with Gasteiger partial charge in [0.2, 0.25) is 5.91 Å². The van der Waals surface area contributed by atoms with E-state index in [2.05, 4.69) is 28.5 Å². The first-order valence-electron chi connectivity index (χ1n) is 8.66. The van der Waals surface area contributed by atoms with Gasteiger partial charge in [0, 0.05) is 18.2 Å². The number of benzene rings is 2. The SMILES string of the molecule is C[C@H](O)c1cn(CC(=O)N2C[C@@H](c3ccccc3)c3ccccc32)nn1. The molecule has 26 heavy (non-hydrogen) atoms. The van der Waals surface area contributed by atoms with E-state index in [1.807, 2.05) is 41.3 Å². The van der Waals surface area contributed by atoms with E-state index in [-0.39, 0.29) is 18.4 Å². The lowest BCUT2D eigenvalue weighted by atomic mass is 9.93. The molecule has 1 amide bonds. The molecular weight excluding hydrogens is 328 g/mol. The third-order valence-electron chi connectivity index (χ3n) is 4.75. The zero-order valence-electron chi connectivity index (χ0n) is 14.5. The van der Waals surface area contributed by atoms with Crippen molar-refractivity contribution in [2.45, 2.75) is 25.5 Å². The fourth-order valence-electron chi connectivity index (χ4n) is 3.42. The zero-order chi connectivity index (χ0) is 18.1. The van der Waals surface area contributed by atoms with Crippen molar-refractivity contribution in [2.75, 3.05) is 11.4 Å². The highest BCUT2D eigenvalue weighted by molar-refractivity contribution is 5.96. The molecule has 6 heteroatoms. The molecule has 0 unspecified atom stereocenters. The third-order valence-corrected chi connectivity index (χ3v) is 4.75. The molecule has 0 fully saturated rings. The van der Waals surface area contributed by atoms with Gasteiger partial charge in [0.05, 0.1) is 12.3 Å². The Labute approximate surface area is 151 Å². The number of carbonyl (C=O) groups is 1. The normalized spacial score (nSPS) is 17.2. The molecule has 4 rings (SSSR count). The fourth-order valence-corrected chi connectivity index (χ4v) is 3.42. The van der Waals surface area contributed by atoms with Gasteiger partial charge >= 0.3 is 0 Å². The predicted molar refractivity (Wildman–Crippen MR) is 97.7 cm³/mol. The summed E-state index contributed by atoms with van der Waals surface area (Å²) in [4.78, 5) is 14.7. The van der Waals surface area contributed by atoms with Crippen molar-refractivity contribution in [1.82, 2.24) is 15.0 Å². The fraction of sp³-hybridized carbons (Fsp3) is 0.250. The van der Waals surface area contributed by atoms with Crippen molar-refractivity contribution in [3.05, 3.63) is 77.6 Å². The lowest BCUT2D eigenvalue weighted by molar-refractivity contribution is -0.119. The number of nitrogens with zero attached hydrogens (tertiary/aromatic N) is 4. The van der Waals surface area contributed by atoms with Crippen LogP contribution in [0.2, 0.25) is 0 Å². The minimum absolute atomic E-state index is 0.0436. The molecule has 0 spiro atoms. The van der Waals surface area contributed by atoms with E-state index in [4.69, 9.17) is 0 Å². The molecule has 2 aromatic carbocycles. The van der Waals surface area contributed by atoms with Crippen LogP contribution in [0.4, 0.5) is 5.69 Å². The third kappa shape index (κ3) is 2.99. The number of para-hydroxylation sites is 1. The minimum Gasteiger partial charge on any atom is -0.387 e. The summed E-state index contributed by atoms with van der Waals surface area (Å²) < 4.78 is 1.48. The maximum atomic E-state index is 12.9. The Bertz CT molecular complexity index is 920. The smallest absolute Gasteiger partial charge is 0.248 e. The van der Waals surface area contributed by atoms with E-state index in [1.54, 1.807) is 13.1 Å². The minimum atomic E-state index is -0.700. The van der Waals surface area contributed by atoms with Crippen LogP contribution < -0.4 is 4.90 Å². The van der Waals surface area contributed by atoms with Crippen LogP contribution in [0.25, 0.3) is 0 Å². The molecule has 0 aliphatic carbocycles. The average molecular weight is 348 g/mol. The van der Waals surface area contributed by atoms with Crippen molar-refractivity contribution < 1.29 is 9.90 Å². The molecule has 132 valence electrons. The van der Waals surface area contributed by atoms with Gasteiger partial charge in [0.25, 0.3) is 0 Å². The number of hydrogen-bond donors (Lipinski definition) is 1. The quantitative estimate of drug-likeness (QED) is 0.786. The molecule has 0 bridgehead atoms. The second-order valence-corrected chi connectivity index (χ2v) is 6.54. The number of hydrogen-bond acceptors (Lipinski definition) is 4. The molecule has 0 saturated carbocycles. The van der Waals surface area contributed by atoms with Crippen LogP contribution in [0.1, 0.15) is 35.8 Å². The molecule has 1 aliphatic heterocycles. The lowest BCUT2D eigenvalue weighted by Crippen LogP contribution is -2.33. The Hall–Kier alpha value is -2.99. The summed E-state index contributed by atoms with van der Waals surface area (Å²) in [6.07, 6.45) is 0.910. The number of fused-ring (bicyclic) bond motifs is 1. The average Bonchev–Trinajstić information content (AvgIpc) is 3.27. The molecule has 1 N–H and O–H groups in total. The number of amides is 1. The van der Waals surface area contributed by atoms with Crippen molar-refractivity contribution in [1.29, 1.82) is 0 Å². The standard InChI is InChI=1S/C20H20N4O2/c1-14(25)18-12-23(22-21-18)13-20(26)24-11-17(15-7-3-2-4-8-15)16-9-5-6-10-19(16)24/h2-10,12,14,17,25H,11,13H2,1H3/t14-,17-/m0/s1. The highest BCUT2D eigenvalue weighted by atomic mass is 16.3. The van der Waals surface area contributed by atoms with E-state index < -0.39 is 6.10 Å². The summed E-state index contributed by atoms with van der Waals surface area (Å²) in [6.45, 7) is 2.33. The molecule has 0 saturated heterocycles. The van der Waals surface area contributed by atoms with E-state index in [0.29, 0.717) is 12.2 Å². The first kappa shape index (κ1) is 16.5. The van der Waals surface area contributed by atoms with Gasteiger partial charge in [-0.1, -0.05) is 53.7 Å². The van der Waals surface area contributed by atoms with Gasteiger partial charge in [-0.3, -0.25) is 4.79 Å². The lowest BCUT2D eigenvalue weighted by Gasteiger charge is -2.18. The molecule has 1 aliphatic rings. The van der Waals surface area contributed by atoms with Gasteiger partial charge in [0.15, 0.2) is 0 Å². The highest BCUT2D eigenvalue weighted by Gasteiger charge is 2.33. The monoisotopic (exact) mass is 348 g/mol. The molecule has 2 atom stereocenters. The highest BCUT2D eigenvalue weighted by Crippen LogP contribution is 2.40. The summed E-state index contributed by atoms with van der Waals surface area (Å²) in [6, 6.07) is 18.3. The summed E-state index contributed by atoms with van der Waals surface area (Å²) in [5, 5.41) is 17.4. The van der Waals surface area contributed by atoms with Gasteiger partial charge < -0.3 is 10.0 Å². The van der Waals surface area contributed by atoms with Crippen molar-refractivity contribution in [3.63, 3.8) is 0 Å². The second-order valence-electron chi connectivity index (χ2n) is 6.54. The van der Waals surface area contributed by atoms with Gasteiger partial charge in [-0.15, -0.1) is 5.10 Å². The Morgan fingerprint density at radius 3 is 2.65 bits per heavy atom. The maximum Gasteiger partial charge on any atom is 0.248 e. The zero-order valence-corrected chi connectivity index (χ0v) is 14.5. The van der Waals surface area contributed by atoms with E-state index in [0.717, 1.165) is 11.3 Å². The summed E-state index contributed by atoms with van der Waals surface area (Å²) >= 11 is 0. The number of aliphatic hydroxyl groups excluding tert-OH is 1. The number of carbonyl (C=O) groups excluding carboxylic acids is 1. The van der Waals surface area contributed by atoms with E-state index in [9.17, 15) is 9.90 Å². The van der Waals surface area contributed by atoms with Gasteiger partial charge in [-0.05, 0) is 24.1 Å². The first-order valence-corrected chi connectivity index (χ1v) is 8.66. The van der Waals surface area contributed by atoms with Crippen LogP contribution in [0.15, 0.2) is 60.8 Å². The molecule has 3 aromatic rings. The van der Waals surface area contributed by atoms with Crippen LogP contribution in [0.3, 0.4) is 0 Å². The number of aliphatic hydroxyl groups is 1. The van der Waals surface area contributed by atoms with Crippen LogP contribution in [-0.2, 0) is 11.3 Å². The van der Waals surface area contributed by atoms with Crippen molar-refractivity contribution in [3.8, 4) is 0 Å². The molecule has 1 aromatic heterocycles. The Balaban J connectivity index is 1.59. The number of anilines is 1. The van der Waals surface area contributed by atoms with Crippen LogP contribution in [-0.4, -0.2) is 32.6 Å².